The van der Waals surface area contributed by atoms with Crippen LogP contribution in [0.4, 0.5) is 21.0 Å². The van der Waals surface area contributed by atoms with Crippen LogP contribution in [0.25, 0.3) is 5.70 Å². The quantitative estimate of drug-likeness (QED) is 0.296. The molecule has 0 saturated heterocycles. The molecule has 3 aromatic carbocycles. The Morgan fingerprint density at radius 2 is 1.62 bits per heavy atom. The molecule has 4 amide bonds. The molecule has 8 nitrogen and oxygen atoms in total. The fourth-order valence-corrected chi connectivity index (χ4v) is 4.76. The second-order valence-corrected chi connectivity index (χ2v) is 9.35. The standard InChI is InChI=1S/C31H34N4O4/c1-5-18-35-28(22-14-8-7-9-15-22)25(29(36)39-6-2)27(34-31(35)38)23-16-11-17-24(19-23)32-30(37)33-26-20(3)12-10-13-21(26)4/h7-17,19,27H,5-6,18H2,1-4H3,(H,34,38)(H2,32,33,37). The Morgan fingerprint density at radius 3 is 2.28 bits per heavy atom. The normalized spacial score (nSPS) is 15.0. The molecule has 202 valence electrons. The first-order chi connectivity index (χ1) is 18.8. The number of anilines is 2. The Balaban J connectivity index is 1.73. The van der Waals surface area contributed by atoms with E-state index in [2.05, 4.69) is 16.0 Å². The Labute approximate surface area is 229 Å². The zero-order chi connectivity index (χ0) is 27.9. The second-order valence-electron chi connectivity index (χ2n) is 9.35. The Kier molecular flexibility index (Phi) is 8.66. The summed E-state index contributed by atoms with van der Waals surface area (Å²) in [5.74, 6) is -0.506. The predicted molar refractivity (Wildman–Crippen MR) is 153 cm³/mol. The van der Waals surface area contributed by atoms with E-state index < -0.39 is 18.0 Å². The van der Waals surface area contributed by atoms with Crippen LogP contribution in [0.2, 0.25) is 0 Å². The van der Waals surface area contributed by atoms with E-state index in [9.17, 15) is 14.4 Å². The van der Waals surface area contributed by atoms with E-state index in [-0.39, 0.29) is 12.6 Å². The minimum atomic E-state index is -0.775. The van der Waals surface area contributed by atoms with E-state index in [1.54, 1.807) is 30.0 Å². The molecule has 1 unspecified atom stereocenters. The van der Waals surface area contributed by atoms with Gasteiger partial charge in [0, 0.05) is 17.9 Å². The van der Waals surface area contributed by atoms with Crippen molar-refractivity contribution >= 4 is 35.1 Å². The van der Waals surface area contributed by atoms with Gasteiger partial charge in [-0.1, -0.05) is 67.6 Å². The third-order valence-corrected chi connectivity index (χ3v) is 6.51. The highest BCUT2D eigenvalue weighted by atomic mass is 16.5. The summed E-state index contributed by atoms with van der Waals surface area (Å²) < 4.78 is 5.48. The van der Waals surface area contributed by atoms with Gasteiger partial charge in [0.2, 0.25) is 0 Å². The van der Waals surface area contributed by atoms with Gasteiger partial charge in [-0.2, -0.15) is 0 Å². The number of aryl methyl sites for hydroxylation is 2. The van der Waals surface area contributed by atoms with Crippen molar-refractivity contribution in [1.82, 2.24) is 10.2 Å². The lowest BCUT2D eigenvalue weighted by atomic mass is 9.91. The van der Waals surface area contributed by atoms with Gasteiger partial charge in [0.25, 0.3) is 0 Å². The van der Waals surface area contributed by atoms with Gasteiger partial charge in [-0.3, -0.25) is 4.90 Å². The molecule has 0 saturated carbocycles. The van der Waals surface area contributed by atoms with E-state index in [1.807, 2.05) is 75.4 Å². The fourth-order valence-electron chi connectivity index (χ4n) is 4.76. The number of amides is 4. The van der Waals surface area contributed by atoms with Crippen molar-refractivity contribution in [3.05, 3.63) is 101 Å². The number of ether oxygens (including phenoxy) is 1. The lowest BCUT2D eigenvalue weighted by Gasteiger charge is -2.37. The van der Waals surface area contributed by atoms with Gasteiger partial charge >= 0.3 is 18.0 Å². The number of rotatable bonds is 8. The molecule has 1 heterocycles. The first-order valence-electron chi connectivity index (χ1n) is 13.1. The van der Waals surface area contributed by atoms with E-state index in [4.69, 9.17) is 4.74 Å². The lowest BCUT2D eigenvalue weighted by Crippen LogP contribution is -2.48. The average Bonchev–Trinajstić information content (AvgIpc) is 2.92. The second kappa shape index (κ2) is 12.3. The highest BCUT2D eigenvalue weighted by Gasteiger charge is 2.38. The molecule has 4 rings (SSSR count). The van der Waals surface area contributed by atoms with Crippen LogP contribution in [0.5, 0.6) is 0 Å². The molecule has 0 fully saturated rings. The first-order valence-corrected chi connectivity index (χ1v) is 13.1. The van der Waals surface area contributed by atoms with Gasteiger partial charge in [0.1, 0.15) is 0 Å². The summed E-state index contributed by atoms with van der Waals surface area (Å²) in [4.78, 5) is 41.2. The highest BCUT2D eigenvalue weighted by Crippen LogP contribution is 2.37. The predicted octanol–water partition coefficient (Wildman–Crippen LogP) is 6.40. The molecular weight excluding hydrogens is 492 g/mol. The van der Waals surface area contributed by atoms with Gasteiger partial charge in [0.15, 0.2) is 0 Å². The molecular formula is C31H34N4O4. The van der Waals surface area contributed by atoms with E-state index in [1.165, 1.54) is 0 Å². The Hall–Kier alpha value is -4.59. The van der Waals surface area contributed by atoms with Gasteiger partial charge in [0.05, 0.1) is 23.9 Å². The summed E-state index contributed by atoms with van der Waals surface area (Å²) in [5, 5.41) is 8.78. The number of hydrogen-bond donors (Lipinski definition) is 3. The van der Waals surface area contributed by atoms with Gasteiger partial charge in [-0.05, 0) is 61.6 Å². The fraction of sp³-hybridized carbons (Fsp3) is 0.258. The van der Waals surface area contributed by atoms with Crippen molar-refractivity contribution in [2.24, 2.45) is 0 Å². The van der Waals surface area contributed by atoms with Crippen molar-refractivity contribution in [3.8, 4) is 0 Å². The number of esters is 1. The van der Waals surface area contributed by atoms with Crippen molar-refractivity contribution in [3.63, 3.8) is 0 Å². The van der Waals surface area contributed by atoms with E-state index in [0.717, 1.165) is 22.4 Å². The zero-order valence-corrected chi connectivity index (χ0v) is 22.7. The van der Waals surface area contributed by atoms with Crippen molar-refractivity contribution < 1.29 is 19.1 Å². The Morgan fingerprint density at radius 1 is 0.923 bits per heavy atom. The molecule has 0 spiro atoms. The van der Waals surface area contributed by atoms with Crippen molar-refractivity contribution in [2.45, 2.75) is 40.2 Å². The summed E-state index contributed by atoms with van der Waals surface area (Å²) in [7, 11) is 0. The number of nitrogens with one attached hydrogen (secondary N) is 3. The van der Waals surface area contributed by atoms with E-state index >= 15 is 0 Å². The number of benzene rings is 3. The van der Waals surface area contributed by atoms with Crippen molar-refractivity contribution in [2.75, 3.05) is 23.8 Å². The summed E-state index contributed by atoms with van der Waals surface area (Å²) in [6.45, 7) is 8.23. The van der Waals surface area contributed by atoms with Gasteiger partial charge in [-0.25, -0.2) is 14.4 Å². The van der Waals surface area contributed by atoms with Crippen LogP contribution in [-0.4, -0.2) is 36.1 Å². The average molecular weight is 527 g/mol. The minimum Gasteiger partial charge on any atom is -0.463 e. The van der Waals surface area contributed by atoms with Crippen LogP contribution in [-0.2, 0) is 9.53 Å². The van der Waals surface area contributed by atoms with Crippen LogP contribution < -0.4 is 16.0 Å². The largest absolute Gasteiger partial charge is 0.463 e. The topological polar surface area (TPSA) is 99.8 Å². The molecule has 1 aliphatic rings. The number of hydrogen-bond acceptors (Lipinski definition) is 4. The van der Waals surface area contributed by atoms with Crippen LogP contribution in [0.1, 0.15) is 48.6 Å². The smallest absolute Gasteiger partial charge is 0.338 e. The molecule has 0 aliphatic carbocycles. The third-order valence-electron chi connectivity index (χ3n) is 6.51. The number of nitrogens with zero attached hydrogens (tertiary/aromatic N) is 1. The molecule has 0 radical (unpaired) electrons. The molecule has 0 bridgehead atoms. The summed E-state index contributed by atoms with van der Waals surface area (Å²) >= 11 is 0. The number of carbonyl (C=O) groups is 3. The molecule has 3 aromatic rings. The zero-order valence-electron chi connectivity index (χ0n) is 22.7. The van der Waals surface area contributed by atoms with Crippen LogP contribution in [0.15, 0.2) is 78.4 Å². The summed E-state index contributed by atoms with van der Waals surface area (Å²) in [6.07, 6.45) is 0.708. The molecule has 8 heteroatoms. The minimum absolute atomic E-state index is 0.193. The number of carbonyl (C=O) groups excluding carboxylic acids is 3. The van der Waals surface area contributed by atoms with Crippen LogP contribution in [0, 0.1) is 13.8 Å². The number of urea groups is 2. The van der Waals surface area contributed by atoms with Gasteiger partial charge in [-0.15, -0.1) is 0 Å². The van der Waals surface area contributed by atoms with Crippen molar-refractivity contribution in [1.29, 1.82) is 0 Å². The lowest BCUT2D eigenvalue weighted by molar-refractivity contribution is -0.138. The third kappa shape index (κ3) is 6.12. The van der Waals surface area contributed by atoms with E-state index in [0.29, 0.717) is 35.5 Å². The number of para-hydroxylation sites is 1. The molecule has 1 atom stereocenters. The van der Waals surface area contributed by atoms with Crippen LogP contribution >= 0.6 is 0 Å². The molecule has 3 N–H and O–H groups in total. The van der Waals surface area contributed by atoms with Crippen LogP contribution in [0.3, 0.4) is 0 Å². The SMILES string of the molecule is CCCN1C(=O)NC(c2cccc(NC(=O)Nc3c(C)cccc3C)c2)C(C(=O)OCC)=C1c1ccccc1. The molecule has 39 heavy (non-hydrogen) atoms. The molecule has 1 aliphatic heterocycles. The van der Waals surface area contributed by atoms with Gasteiger partial charge < -0.3 is 20.7 Å². The Bertz CT molecular complexity index is 1380. The summed E-state index contributed by atoms with van der Waals surface area (Å²) in [5.41, 5.74) is 5.44. The maximum absolute atomic E-state index is 13.4. The molecule has 0 aromatic heterocycles. The maximum Gasteiger partial charge on any atom is 0.338 e. The first kappa shape index (κ1) is 27.4. The maximum atomic E-state index is 13.4. The highest BCUT2D eigenvalue weighted by molar-refractivity contribution is 6.05. The summed E-state index contributed by atoms with van der Waals surface area (Å²) in [6, 6.07) is 20.8. The monoisotopic (exact) mass is 526 g/mol.